The molecule has 3 aromatic rings. The van der Waals surface area contributed by atoms with E-state index in [1.807, 2.05) is 30.3 Å². The molecule has 1 heterocycles. The first-order chi connectivity index (χ1) is 10.8. The number of carbonyl (C=O) groups excluding carboxylic acids is 1. The lowest BCUT2D eigenvalue weighted by Gasteiger charge is -2.08. The number of fused-ring (bicyclic) bond motifs is 1. The van der Waals surface area contributed by atoms with E-state index in [9.17, 15) is 4.79 Å². The van der Waals surface area contributed by atoms with Gasteiger partial charge in [0.05, 0.1) is 0 Å². The molecule has 1 amide bonds. The highest BCUT2D eigenvalue weighted by Crippen LogP contribution is 2.14. The molecule has 2 aromatic carbocycles. The lowest BCUT2D eigenvalue weighted by atomic mass is 10.1. The minimum atomic E-state index is 0.111. The number of benzene rings is 2. The van der Waals surface area contributed by atoms with E-state index in [1.165, 1.54) is 16.5 Å². The molecule has 0 saturated heterocycles. The number of amides is 1. The summed E-state index contributed by atoms with van der Waals surface area (Å²) in [5.41, 5.74) is 2.41. The van der Waals surface area contributed by atoms with Gasteiger partial charge in [-0.05, 0) is 29.5 Å². The molecule has 0 bridgehead atoms. The maximum atomic E-state index is 11.9. The Kier molecular flexibility index (Phi) is 4.54. The van der Waals surface area contributed by atoms with E-state index in [0.717, 1.165) is 13.0 Å². The highest BCUT2D eigenvalue weighted by Gasteiger charge is 2.03. The Hall–Kier alpha value is -2.55. The fourth-order valence-electron chi connectivity index (χ4n) is 2.64. The maximum absolute atomic E-state index is 11.9. The highest BCUT2D eigenvalue weighted by molar-refractivity contribution is 5.80. The molecule has 0 unspecified atom stereocenters. The second kappa shape index (κ2) is 6.94. The summed E-state index contributed by atoms with van der Waals surface area (Å²) in [6.07, 6.45) is 3.40. The predicted molar refractivity (Wildman–Crippen MR) is 89.7 cm³/mol. The zero-order valence-electron chi connectivity index (χ0n) is 12.5. The van der Waals surface area contributed by atoms with Crippen LogP contribution in [0, 0.1) is 0 Å². The fourth-order valence-corrected chi connectivity index (χ4v) is 2.64. The minimum Gasteiger partial charge on any atom is -0.354 e. The number of hydrogen-bond donors (Lipinski definition) is 1. The van der Waals surface area contributed by atoms with E-state index < -0.39 is 0 Å². The molecule has 112 valence electrons. The standard InChI is InChI=1S/C19H20N2O/c22-19(11-10-16-6-2-1-3-7-16)20-13-15-21-14-12-17-8-4-5-9-18(17)21/h1-9,12,14H,10-11,13,15H2,(H,20,22). The number of carbonyl (C=O) groups is 1. The van der Waals surface area contributed by atoms with Gasteiger partial charge in [0.15, 0.2) is 0 Å². The molecule has 0 aliphatic rings. The van der Waals surface area contributed by atoms with E-state index in [-0.39, 0.29) is 5.91 Å². The Morgan fingerprint density at radius 3 is 2.59 bits per heavy atom. The molecule has 0 fully saturated rings. The molecule has 3 heteroatoms. The van der Waals surface area contributed by atoms with Gasteiger partial charge in [-0.1, -0.05) is 48.5 Å². The van der Waals surface area contributed by atoms with Crippen LogP contribution < -0.4 is 5.32 Å². The molecule has 3 nitrogen and oxygen atoms in total. The summed E-state index contributed by atoms with van der Waals surface area (Å²) in [7, 11) is 0. The molecule has 0 aliphatic heterocycles. The third-order valence-electron chi connectivity index (χ3n) is 3.84. The lowest BCUT2D eigenvalue weighted by Crippen LogP contribution is -2.27. The Morgan fingerprint density at radius 1 is 0.955 bits per heavy atom. The second-order valence-electron chi connectivity index (χ2n) is 5.40. The van der Waals surface area contributed by atoms with Crippen LogP contribution in [0.15, 0.2) is 66.9 Å². The zero-order chi connectivity index (χ0) is 15.2. The summed E-state index contributed by atoms with van der Waals surface area (Å²) in [6.45, 7) is 1.46. The molecule has 1 N–H and O–H groups in total. The Bertz CT molecular complexity index is 746. The van der Waals surface area contributed by atoms with Crippen molar-refractivity contribution in [1.82, 2.24) is 9.88 Å². The minimum absolute atomic E-state index is 0.111. The van der Waals surface area contributed by atoms with Crippen molar-refractivity contribution in [2.24, 2.45) is 0 Å². The summed E-state index contributed by atoms with van der Waals surface area (Å²) in [5, 5.41) is 4.23. The average Bonchev–Trinajstić information content (AvgIpc) is 2.97. The van der Waals surface area contributed by atoms with E-state index in [1.54, 1.807) is 0 Å². The van der Waals surface area contributed by atoms with Gasteiger partial charge in [0.25, 0.3) is 0 Å². The number of aromatic nitrogens is 1. The van der Waals surface area contributed by atoms with Crippen LogP contribution in [0.3, 0.4) is 0 Å². The van der Waals surface area contributed by atoms with E-state index in [4.69, 9.17) is 0 Å². The number of nitrogens with one attached hydrogen (secondary N) is 1. The Morgan fingerprint density at radius 2 is 1.73 bits per heavy atom. The third kappa shape index (κ3) is 3.55. The van der Waals surface area contributed by atoms with Crippen molar-refractivity contribution >= 4 is 16.8 Å². The van der Waals surface area contributed by atoms with Crippen LogP contribution in [0.1, 0.15) is 12.0 Å². The van der Waals surface area contributed by atoms with Gasteiger partial charge >= 0.3 is 0 Å². The smallest absolute Gasteiger partial charge is 0.220 e. The SMILES string of the molecule is O=C(CCc1ccccc1)NCCn1ccc2ccccc21. The Balaban J connectivity index is 1.45. The van der Waals surface area contributed by atoms with Crippen LogP contribution in [-0.2, 0) is 17.8 Å². The number of aryl methyl sites for hydroxylation is 1. The molecular weight excluding hydrogens is 272 g/mol. The van der Waals surface area contributed by atoms with Crippen molar-refractivity contribution in [3.63, 3.8) is 0 Å². The molecule has 0 atom stereocenters. The van der Waals surface area contributed by atoms with Gasteiger partial charge in [0.1, 0.15) is 0 Å². The maximum Gasteiger partial charge on any atom is 0.220 e. The summed E-state index contributed by atoms with van der Waals surface area (Å²) < 4.78 is 2.17. The van der Waals surface area contributed by atoms with Gasteiger partial charge in [0.2, 0.25) is 5.91 Å². The van der Waals surface area contributed by atoms with Crippen LogP contribution in [-0.4, -0.2) is 17.0 Å². The van der Waals surface area contributed by atoms with Gasteiger partial charge in [-0.3, -0.25) is 4.79 Å². The van der Waals surface area contributed by atoms with Gasteiger partial charge < -0.3 is 9.88 Å². The fraction of sp³-hybridized carbons (Fsp3) is 0.211. The first-order valence-electron chi connectivity index (χ1n) is 7.67. The molecular formula is C19H20N2O. The highest BCUT2D eigenvalue weighted by atomic mass is 16.1. The zero-order valence-corrected chi connectivity index (χ0v) is 12.5. The number of rotatable bonds is 6. The summed E-state index contributed by atoms with van der Waals surface area (Å²) in [4.78, 5) is 11.9. The third-order valence-corrected chi connectivity index (χ3v) is 3.84. The van der Waals surface area contributed by atoms with Crippen LogP contribution in [0.25, 0.3) is 10.9 Å². The quantitative estimate of drug-likeness (QED) is 0.742. The van der Waals surface area contributed by atoms with E-state index in [2.05, 4.69) is 46.4 Å². The lowest BCUT2D eigenvalue weighted by molar-refractivity contribution is -0.121. The first kappa shape index (κ1) is 14.4. The number of nitrogens with zero attached hydrogens (tertiary/aromatic N) is 1. The van der Waals surface area contributed by atoms with Crippen LogP contribution in [0.2, 0.25) is 0 Å². The van der Waals surface area contributed by atoms with Crippen LogP contribution >= 0.6 is 0 Å². The molecule has 0 radical (unpaired) electrons. The van der Waals surface area contributed by atoms with Crippen molar-refractivity contribution in [1.29, 1.82) is 0 Å². The molecule has 0 saturated carbocycles. The van der Waals surface area contributed by atoms with Gasteiger partial charge in [-0.2, -0.15) is 0 Å². The van der Waals surface area contributed by atoms with Gasteiger partial charge in [-0.25, -0.2) is 0 Å². The van der Waals surface area contributed by atoms with E-state index >= 15 is 0 Å². The van der Waals surface area contributed by atoms with Crippen molar-refractivity contribution in [3.05, 3.63) is 72.4 Å². The molecule has 22 heavy (non-hydrogen) atoms. The normalized spacial score (nSPS) is 10.7. The summed E-state index contributed by atoms with van der Waals surface area (Å²) in [6, 6.07) is 20.5. The Labute approximate surface area is 130 Å². The topological polar surface area (TPSA) is 34.0 Å². The monoisotopic (exact) mass is 292 g/mol. The predicted octanol–water partition coefficient (Wildman–Crippen LogP) is 3.39. The first-order valence-corrected chi connectivity index (χ1v) is 7.67. The molecule has 1 aromatic heterocycles. The van der Waals surface area contributed by atoms with Crippen molar-refractivity contribution < 1.29 is 4.79 Å². The summed E-state index contributed by atoms with van der Waals surface area (Å²) >= 11 is 0. The van der Waals surface area contributed by atoms with Crippen molar-refractivity contribution in [2.75, 3.05) is 6.54 Å². The molecule has 3 rings (SSSR count). The van der Waals surface area contributed by atoms with Crippen molar-refractivity contribution in [2.45, 2.75) is 19.4 Å². The van der Waals surface area contributed by atoms with Gasteiger partial charge in [0, 0.05) is 31.2 Å². The average molecular weight is 292 g/mol. The largest absolute Gasteiger partial charge is 0.354 e. The van der Waals surface area contributed by atoms with Crippen molar-refractivity contribution in [3.8, 4) is 0 Å². The summed E-state index contributed by atoms with van der Waals surface area (Å²) in [5.74, 6) is 0.111. The van der Waals surface area contributed by atoms with Crippen LogP contribution in [0.4, 0.5) is 0 Å². The molecule has 0 aliphatic carbocycles. The second-order valence-corrected chi connectivity index (χ2v) is 5.40. The van der Waals surface area contributed by atoms with Gasteiger partial charge in [-0.15, -0.1) is 0 Å². The van der Waals surface area contributed by atoms with Crippen LogP contribution in [0.5, 0.6) is 0 Å². The molecule has 0 spiro atoms. The number of hydrogen-bond acceptors (Lipinski definition) is 1. The van der Waals surface area contributed by atoms with E-state index in [0.29, 0.717) is 13.0 Å². The number of para-hydroxylation sites is 1.